The van der Waals surface area contributed by atoms with E-state index in [1.165, 1.54) is 23.1 Å². The van der Waals surface area contributed by atoms with Crippen molar-refractivity contribution in [3.8, 4) is 0 Å². The van der Waals surface area contributed by atoms with Gasteiger partial charge in [-0.05, 0) is 67.8 Å². The van der Waals surface area contributed by atoms with Crippen molar-refractivity contribution in [3.05, 3.63) is 81.5 Å². The third-order valence-corrected chi connectivity index (χ3v) is 6.18. The van der Waals surface area contributed by atoms with Crippen molar-refractivity contribution in [1.29, 1.82) is 0 Å². The Kier molecular flexibility index (Phi) is 7.05. The zero-order valence-corrected chi connectivity index (χ0v) is 19.1. The molecule has 0 aliphatic carbocycles. The van der Waals surface area contributed by atoms with Gasteiger partial charge < -0.3 is 15.5 Å². The van der Waals surface area contributed by atoms with Gasteiger partial charge in [-0.25, -0.2) is 4.39 Å². The number of hydrogen-bond acceptors (Lipinski definition) is 4. The molecule has 3 rings (SSSR count). The van der Waals surface area contributed by atoms with Crippen LogP contribution in [0.25, 0.3) is 0 Å². The third-order valence-electron chi connectivity index (χ3n) is 5.04. The number of carbonyl (C=O) groups excluding carboxylic acids is 3. The van der Waals surface area contributed by atoms with Crippen molar-refractivity contribution in [1.82, 2.24) is 4.90 Å². The standard InChI is InChI=1S/C24H24FN3O3S/c1-14-7-5-10-19(16(14)3)26-20(29)13-28(4)24(31)22-15(2)11-21(32-22)27-23(30)17-8-6-9-18(25)12-17/h5-12H,13H2,1-4H3,(H,26,29)(H,27,30). The summed E-state index contributed by atoms with van der Waals surface area (Å²) < 4.78 is 13.4. The maximum absolute atomic E-state index is 13.4. The van der Waals surface area contributed by atoms with E-state index in [0.717, 1.165) is 28.5 Å². The van der Waals surface area contributed by atoms with Gasteiger partial charge in [0.1, 0.15) is 5.82 Å². The molecule has 0 bridgehead atoms. The van der Waals surface area contributed by atoms with Crippen LogP contribution in [0.15, 0.2) is 48.5 Å². The summed E-state index contributed by atoms with van der Waals surface area (Å²) in [5.41, 5.74) is 3.61. The first-order valence-corrected chi connectivity index (χ1v) is 10.8. The Morgan fingerprint density at radius 3 is 2.41 bits per heavy atom. The average Bonchev–Trinajstić information content (AvgIpc) is 3.10. The molecule has 0 aliphatic heterocycles. The number of rotatable bonds is 6. The van der Waals surface area contributed by atoms with E-state index in [2.05, 4.69) is 10.6 Å². The Bertz CT molecular complexity index is 1190. The Hall–Kier alpha value is -3.52. The van der Waals surface area contributed by atoms with E-state index < -0.39 is 11.7 Å². The molecule has 1 heterocycles. The minimum absolute atomic E-state index is 0.117. The van der Waals surface area contributed by atoms with E-state index >= 15 is 0 Å². The summed E-state index contributed by atoms with van der Waals surface area (Å²) in [6.45, 7) is 5.53. The fourth-order valence-electron chi connectivity index (χ4n) is 3.11. The lowest BCUT2D eigenvalue weighted by Gasteiger charge is -2.17. The van der Waals surface area contributed by atoms with Gasteiger partial charge in [0.05, 0.1) is 16.4 Å². The van der Waals surface area contributed by atoms with Crippen LogP contribution in [0.1, 0.15) is 36.7 Å². The Morgan fingerprint density at radius 2 is 1.69 bits per heavy atom. The Labute approximate surface area is 190 Å². The van der Waals surface area contributed by atoms with Crippen LogP contribution in [0, 0.1) is 26.6 Å². The number of aryl methyl sites for hydroxylation is 2. The third kappa shape index (κ3) is 5.39. The second kappa shape index (κ2) is 9.74. The summed E-state index contributed by atoms with van der Waals surface area (Å²) in [6, 6.07) is 12.7. The fourth-order valence-corrected chi connectivity index (χ4v) is 4.17. The first-order chi connectivity index (χ1) is 15.2. The molecule has 0 saturated heterocycles. The number of nitrogens with one attached hydrogen (secondary N) is 2. The summed E-state index contributed by atoms with van der Waals surface area (Å²) in [5.74, 6) is -1.60. The minimum atomic E-state index is -0.503. The predicted molar refractivity (Wildman–Crippen MR) is 125 cm³/mol. The van der Waals surface area contributed by atoms with E-state index in [9.17, 15) is 18.8 Å². The molecule has 0 spiro atoms. The first-order valence-electron chi connectivity index (χ1n) is 9.94. The van der Waals surface area contributed by atoms with Crippen LogP contribution < -0.4 is 10.6 Å². The van der Waals surface area contributed by atoms with Gasteiger partial charge in [-0.2, -0.15) is 0 Å². The van der Waals surface area contributed by atoms with Crippen LogP contribution >= 0.6 is 11.3 Å². The molecule has 2 N–H and O–H groups in total. The highest BCUT2D eigenvalue weighted by Gasteiger charge is 2.21. The lowest BCUT2D eigenvalue weighted by atomic mass is 10.1. The minimum Gasteiger partial charge on any atom is -0.332 e. The average molecular weight is 454 g/mol. The maximum Gasteiger partial charge on any atom is 0.264 e. The van der Waals surface area contributed by atoms with Crippen molar-refractivity contribution in [2.45, 2.75) is 20.8 Å². The van der Waals surface area contributed by atoms with Gasteiger partial charge in [0, 0.05) is 18.3 Å². The molecule has 0 atom stereocenters. The van der Waals surface area contributed by atoms with Crippen molar-refractivity contribution < 1.29 is 18.8 Å². The normalized spacial score (nSPS) is 10.5. The molecule has 0 unspecified atom stereocenters. The topological polar surface area (TPSA) is 78.5 Å². The molecule has 3 aromatic rings. The van der Waals surface area contributed by atoms with E-state index in [1.807, 2.05) is 32.0 Å². The maximum atomic E-state index is 13.4. The summed E-state index contributed by atoms with van der Waals surface area (Å²) in [4.78, 5) is 39.4. The van der Waals surface area contributed by atoms with Crippen LogP contribution in [0.2, 0.25) is 0 Å². The van der Waals surface area contributed by atoms with Gasteiger partial charge in [-0.1, -0.05) is 18.2 Å². The summed E-state index contributed by atoms with van der Waals surface area (Å²) in [6.07, 6.45) is 0. The van der Waals surface area contributed by atoms with Crippen LogP contribution in [0.3, 0.4) is 0 Å². The number of benzene rings is 2. The fraction of sp³-hybridized carbons (Fsp3) is 0.208. The number of thiophene rings is 1. The highest BCUT2D eigenvalue weighted by Crippen LogP contribution is 2.28. The van der Waals surface area contributed by atoms with Gasteiger partial charge in [-0.3, -0.25) is 14.4 Å². The second-order valence-electron chi connectivity index (χ2n) is 7.54. The van der Waals surface area contributed by atoms with E-state index in [1.54, 1.807) is 20.0 Å². The van der Waals surface area contributed by atoms with Crippen molar-refractivity contribution in [2.24, 2.45) is 0 Å². The number of nitrogens with zero attached hydrogens (tertiary/aromatic N) is 1. The van der Waals surface area contributed by atoms with Gasteiger partial charge in [0.25, 0.3) is 11.8 Å². The van der Waals surface area contributed by atoms with Crippen LogP contribution in [-0.4, -0.2) is 36.2 Å². The molecule has 0 radical (unpaired) electrons. The molecule has 0 saturated carbocycles. The lowest BCUT2D eigenvalue weighted by molar-refractivity contribution is -0.116. The van der Waals surface area contributed by atoms with Gasteiger partial charge in [0.15, 0.2) is 0 Å². The molecule has 3 amide bonds. The monoisotopic (exact) mass is 453 g/mol. The first kappa shape index (κ1) is 23.1. The zero-order valence-electron chi connectivity index (χ0n) is 18.3. The van der Waals surface area contributed by atoms with Gasteiger partial charge in [0.2, 0.25) is 5.91 Å². The van der Waals surface area contributed by atoms with Crippen LogP contribution in [0.5, 0.6) is 0 Å². The molecule has 32 heavy (non-hydrogen) atoms. The highest BCUT2D eigenvalue weighted by molar-refractivity contribution is 7.18. The largest absolute Gasteiger partial charge is 0.332 e. The van der Waals surface area contributed by atoms with Crippen LogP contribution in [0.4, 0.5) is 15.1 Å². The van der Waals surface area contributed by atoms with E-state index in [0.29, 0.717) is 21.1 Å². The summed E-state index contributed by atoms with van der Waals surface area (Å²) >= 11 is 1.11. The number of hydrogen-bond donors (Lipinski definition) is 2. The Morgan fingerprint density at radius 1 is 0.969 bits per heavy atom. The van der Waals surface area contributed by atoms with E-state index in [4.69, 9.17) is 0 Å². The van der Waals surface area contributed by atoms with E-state index in [-0.39, 0.29) is 23.9 Å². The molecule has 0 aliphatic rings. The molecule has 0 fully saturated rings. The van der Waals surface area contributed by atoms with Crippen LogP contribution in [-0.2, 0) is 4.79 Å². The molecule has 8 heteroatoms. The highest BCUT2D eigenvalue weighted by atomic mass is 32.1. The number of carbonyl (C=O) groups is 3. The summed E-state index contributed by atoms with van der Waals surface area (Å²) in [5, 5.41) is 5.99. The van der Waals surface area contributed by atoms with Gasteiger partial charge in [-0.15, -0.1) is 11.3 Å². The predicted octanol–water partition coefficient (Wildman–Crippen LogP) is 4.78. The molecule has 2 aromatic carbocycles. The SMILES string of the molecule is Cc1cc(NC(=O)c2cccc(F)c2)sc1C(=O)N(C)CC(=O)Nc1cccc(C)c1C. The zero-order chi connectivity index (χ0) is 23.4. The Balaban J connectivity index is 1.65. The number of amides is 3. The molecule has 6 nitrogen and oxygen atoms in total. The molecular weight excluding hydrogens is 429 g/mol. The van der Waals surface area contributed by atoms with Crippen molar-refractivity contribution in [2.75, 3.05) is 24.2 Å². The second-order valence-corrected chi connectivity index (χ2v) is 8.60. The quantitative estimate of drug-likeness (QED) is 0.564. The molecular formula is C24H24FN3O3S. The van der Waals surface area contributed by atoms with Crippen molar-refractivity contribution in [3.63, 3.8) is 0 Å². The number of anilines is 2. The smallest absolute Gasteiger partial charge is 0.264 e. The molecule has 166 valence electrons. The molecule has 1 aromatic heterocycles. The summed E-state index contributed by atoms with van der Waals surface area (Å²) in [7, 11) is 1.55. The lowest BCUT2D eigenvalue weighted by Crippen LogP contribution is -2.35. The van der Waals surface area contributed by atoms with Gasteiger partial charge >= 0.3 is 0 Å². The number of likely N-dealkylation sites (N-methyl/N-ethyl adjacent to an activating group) is 1. The number of halogens is 1. The van der Waals surface area contributed by atoms with Crippen molar-refractivity contribution >= 4 is 39.7 Å².